The molecule has 0 unspecified atom stereocenters. The molecule has 4 aromatic rings. The van der Waals surface area contributed by atoms with Gasteiger partial charge < -0.3 is 16.0 Å². The number of carbonyl (C=O) groups is 2. The summed E-state index contributed by atoms with van der Waals surface area (Å²) in [6.45, 7) is 1.92. The number of amides is 3. The lowest BCUT2D eigenvalue weighted by molar-refractivity contribution is 0.0993. The zero-order valence-corrected chi connectivity index (χ0v) is 16.9. The maximum absolute atomic E-state index is 12.9. The standard InChI is InChI=1S/C21H20N8O2/c1-13-7-8-23-18(9-13)27-21(31)26-15-3-5-16(6-4-15)28(2)20(30)14-10-17-19(22)24-12-25-29(17)11-14/h3-12H,1-2H3,(H2,22,24,25)(H2,23,26,27,31). The summed E-state index contributed by atoms with van der Waals surface area (Å²) in [5.41, 5.74) is 9.05. The summed E-state index contributed by atoms with van der Waals surface area (Å²) in [6.07, 6.45) is 4.56. The van der Waals surface area contributed by atoms with Gasteiger partial charge in [-0.1, -0.05) is 0 Å². The van der Waals surface area contributed by atoms with E-state index in [1.807, 2.05) is 13.0 Å². The first kappa shape index (κ1) is 19.8. The number of nitrogens with zero attached hydrogens (tertiary/aromatic N) is 5. The molecular weight excluding hydrogens is 396 g/mol. The topological polar surface area (TPSA) is 131 Å². The van der Waals surface area contributed by atoms with Crippen LogP contribution in [0.3, 0.4) is 0 Å². The van der Waals surface area contributed by atoms with E-state index in [0.717, 1.165) is 5.56 Å². The monoisotopic (exact) mass is 416 g/mol. The highest BCUT2D eigenvalue weighted by Gasteiger charge is 2.17. The number of pyridine rings is 1. The van der Waals surface area contributed by atoms with Gasteiger partial charge in [-0.15, -0.1) is 0 Å². The minimum atomic E-state index is -0.408. The Kier molecular flexibility index (Phi) is 5.19. The summed E-state index contributed by atoms with van der Waals surface area (Å²) in [5, 5.41) is 9.47. The predicted octanol–water partition coefficient (Wildman–Crippen LogP) is 2.94. The van der Waals surface area contributed by atoms with Gasteiger partial charge in [-0.3, -0.25) is 10.1 Å². The predicted molar refractivity (Wildman–Crippen MR) is 118 cm³/mol. The SMILES string of the molecule is Cc1ccnc(NC(=O)Nc2ccc(N(C)C(=O)c3cc4c(N)ncnn4c3)cc2)c1. The van der Waals surface area contributed by atoms with Crippen molar-refractivity contribution in [1.82, 2.24) is 19.6 Å². The van der Waals surface area contributed by atoms with Crippen LogP contribution < -0.4 is 21.3 Å². The van der Waals surface area contributed by atoms with Crippen LogP contribution in [0.4, 0.5) is 27.8 Å². The van der Waals surface area contributed by atoms with Gasteiger partial charge in [-0.2, -0.15) is 5.10 Å². The van der Waals surface area contributed by atoms with Crippen LogP contribution in [0.25, 0.3) is 5.52 Å². The molecule has 0 fully saturated rings. The molecule has 0 aliphatic carbocycles. The lowest BCUT2D eigenvalue weighted by Crippen LogP contribution is -2.26. The maximum atomic E-state index is 12.9. The zero-order chi connectivity index (χ0) is 22.0. The molecule has 3 heterocycles. The number of anilines is 4. The minimum Gasteiger partial charge on any atom is -0.382 e. The summed E-state index contributed by atoms with van der Waals surface area (Å²) in [7, 11) is 1.66. The van der Waals surface area contributed by atoms with E-state index >= 15 is 0 Å². The van der Waals surface area contributed by atoms with Gasteiger partial charge >= 0.3 is 6.03 Å². The molecule has 1 aromatic carbocycles. The second-order valence-corrected chi connectivity index (χ2v) is 6.91. The molecule has 0 saturated carbocycles. The Morgan fingerprint density at radius 2 is 1.84 bits per heavy atom. The molecule has 0 saturated heterocycles. The van der Waals surface area contributed by atoms with Gasteiger partial charge in [0.2, 0.25) is 0 Å². The van der Waals surface area contributed by atoms with Gasteiger partial charge in [-0.25, -0.2) is 19.3 Å². The van der Waals surface area contributed by atoms with Gasteiger partial charge in [-0.05, 0) is 55.0 Å². The zero-order valence-electron chi connectivity index (χ0n) is 16.9. The second-order valence-electron chi connectivity index (χ2n) is 6.91. The van der Waals surface area contributed by atoms with E-state index in [1.54, 1.807) is 55.8 Å². The van der Waals surface area contributed by atoms with Crippen molar-refractivity contribution in [3.05, 3.63) is 72.3 Å². The van der Waals surface area contributed by atoms with E-state index in [2.05, 4.69) is 25.7 Å². The fourth-order valence-electron chi connectivity index (χ4n) is 3.03. The molecular formula is C21H20N8O2. The lowest BCUT2D eigenvalue weighted by atomic mass is 10.2. The number of aromatic nitrogens is 4. The number of urea groups is 1. The molecule has 3 aromatic heterocycles. The van der Waals surface area contributed by atoms with Crippen molar-refractivity contribution >= 4 is 40.5 Å². The van der Waals surface area contributed by atoms with Crippen LogP contribution >= 0.6 is 0 Å². The molecule has 10 nitrogen and oxygen atoms in total. The fraction of sp³-hybridized carbons (Fsp3) is 0.0952. The minimum absolute atomic E-state index is 0.228. The number of carbonyl (C=O) groups excluding carboxylic acids is 2. The van der Waals surface area contributed by atoms with E-state index in [1.165, 1.54) is 15.7 Å². The molecule has 0 aliphatic heterocycles. The van der Waals surface area contributed by atoms with Crippen LogP contribution in [0.5, 0.6) is 0 Å². The van der Waals surface area contributed by atoms with Gasteiger partial charge in [0, 0.05) is 30.8 Å². The van der Waals surface area contributed by atoms with Crippen LogP contribution in [0.2, 0.25) is 0 Å². The van der Waals surface area contributed by atoms with Crippen LogP contribution in [-0.4, -0.2) is 38.6 Å². The Morgan fingerprint density at radius 1 is 1.06 bits per heavy atom. The Balaban J connectivity index is 1.43. The van der Waals surface area contributed by atoms with Crippen LogP contribution in [0.1, 0.15) is 15.9 Å². The van der Waals surface area contributed by atoms with Crippen LogP contribution in [0.15, 0.2) is 61.2 Å². The molecule has 4 rings (SSSR count). The Hall–Kier alpha value is -4.47. The summed E-state index contributed by atoms with van der Waals surface area (Å²) in [6, 6.07) is 11.8. The van der Waals surface area contributed by atoms with Crippen LogP contribution in [0, 0.1) is 6.92 Å². The van der Waals surface area contributed by atoms with Crippen molar-refractivity contribution in [3.8, 4) is 0 Å². The maximum Gasteiger partial charge on any atom is 0.324 e. The Bertz CT molecular complexity index is 1270. The first-order valence-corrected chi connectivity index (χ1v) is 9.38. The second kappa shape index (κ2) is 8.11. The molecule has 31 heavy (non-hydrogen) atoms. The van der Waals surface area contributed by atoms with Crippen molar-refractivity contribution in [3.63, 3.8) is 0 Å². The largest absolute Gasteiger partial charge is 0.382 e. The van der Waals surface area contributed by atoms with E-state index in [9.17, 15) is 9.59 Å². The number of rotatable bonds is 4. The van der Waals surface area contributed by atoms with Crippen molar-refractivity contribution < 1.29 is 9.59 Å². The molecule has 0 spiro atoms. The Labute approximate surface area is 177 Å². The first-order chi connectivity index (χ1) is 14.9. The third kappa shape index (κ3) is 4.27. The van der Waals surface area contributed by atoms with Gasteiger partial charge in [0.25, 0.3) is 5.91 Å². The average Bonchev–Trinajstić information content (AvgIpc) is 3.19. The Morgan fingerprint density at radius 3 is 2.55 bits per heavy atom. The highest BCUT2D eigenvalue weighted by Crippen LogP contribution is 2.21. The average molecular weight is 416 g/mol. The summed E-state index contributed by atoms with van der Waals surface area (Å²) < 4.78 is 1.51. The summed E-state index contributed by atoms with van der Waals surface area (Å²) in [4.78, 5) is 34.5. The number of nitrogen functional groups attached to an aromatic ring is 1. The molecule has 3 amide bonds. The number of fused-ring (bicyclic) bond motifs is 1. The molecule has 0 radical (unpaired) electrons. The van der Waals surface area contributed by atoms with Crippen molar-refractivity contribution in [2.24, 2.45) is 0 Å². The van der Waals surface area contributed by atoms with Gasteiger partial charge in [0.05, 0.1) is 5.56 Å². The smallest absolute Gasteiger partial charge is 0.324 e. The number of hydrogen-bond donors (Lipinski definition) is 3. The first-order valence-electron chi connectivity index (χ1n) is 9.38. The molecule has 4 N–H and O–H groups in total. The highest BCUT2D eigenvalue weighted by molar-refractivity contribution is 6.07. The van der Waals surface area contributed by atoms with Gasteiger partial charge in [0.15, 0.2) is 5.82 Å². The van der Waals surface area contributed by atoms with Crippen LogP contribution in [-0.2, 0) is 0 Å². The number of nitrogens with one attached hydrogen (secondary N) is 2. The van der Waals surface area contributed by atoms with E-state index < -0.39 is 6.03 Å². The quantitative estimate of drug-likeness (QED) is 0.469. The molecule has 0 atom stereocenters. The fourth-order valence-corrected chi connectivity index (χ4v) is 3.03. The third-order valence-corrected chi connectivity index (χ3v) is 4.66. The third-order valence-electron chi connectivity index (χ3n) is 4.66. The molecule has 0 bridgehead atoms. The van der Waals surface area contributed by atoms with Crippen molar-refractivity contribution in [2.45, 2.75) is 6.92 Å². The molecule has 0 aliphatic rings. The number of benzene rings is 1. The molecule has 156 valence electrons. The van der Waals surface area contributed by atoms with Crippen molar-refractivity contribution in [1.29, 1.82) is 0 Å². The number of hydrogen-bond acceptors (Lipinski definition) is 6. The lowest BCUT2D eigenvalue weighted by Gasteiger charge is -2.17. The summed E-state index contributed by atoms with van der Waals surface area (Å²) >= 11 is 0. The van der Waals surface area contributed by atoms with Gasteiger partial charge in [0.1, 0.15) is 17.7 Å². The normalized spacial score (nSPS) is 10.6. The highest BCUT2D eigenvalue weighted by atomic mass is 16.2. The molecule has 10 heteroatoms. The van der Waals surface area contributed by atoms with E-state index in [-0.39, 0.29) is 5.91 Å². The summed E-state index contributed by atoms with van der Waals surface area (Å²) in [5.74, 6) is 0.532. The van der Waals surface area contributed by atoms with Crippen molar-refractivity contribution in [2.75, 3.05) is 28.3 Å². The number of nitrogens with two attached hydrogens (primary N) is 1. The number of aryl methyl sites for hydroxylation is 1. The van der Waals surface area contributed by atoms with E-state index in [4.69, 9.17) is 5.73 Å². The van der Waals surface area contributed by atoms with E-state index in [0.29, 0.717) is 34.1 Å².